The van der Waals surface area contributed by atoms with Crippen LogP contribution in [0.4, 0.5) is 0 Å². The molecule has 0 bridgehead atoms. The summed E-state index contributed by atoms with van der Waals surface area (Å²) in [6.07, 6.45) is 3.73. The van der Waals surface area contributed by atoms with Gasteiger partial charge in [0.15, 0.2) is 0 Å². The second-order valence-corrected chi connectivity index (χ2v) is 6.94. The van der Waals surface area contributed by atoms with Gasteiger partial charge >= 0.3 is 0 Å². The molecule has 1 aliphatic rings. The highest BCUT2D eigenvalue weighted by Crippen LogP contribution is 2.40. The van der Waals surface area contributed by atoms with E-state index in [4.69, 9.17) is 17.3 Å². The molecule has 2 N–H and O–H groups in total. The average Bonchev–Trinajstić information content (AvgIpc) is 2.42. The minimum Gasteiger partial charge on any atom is -0.329 e. The molecule has 3 heteroatoms. The highest BCUT2D eigenvalue weighted by atomic mass is 35.5. The molecular formula is C17H27ClN2. The van der Waals surface area contributed by atoms with E-state index in [9.17, 15) is 0 Å². The largest absolute Gasteiger partial charge is 0.329 e. The van der Waals surface area contributed by atoms with Crippen LogP contribution in [0.15, 0.2) is 24.3 Å². The molecule has 1 fully saturated rings. The number of hydrogen-bond donors (Lipinski definition) is 1. The number of halogens is 1. The van der Waals surface area contributed by atoms with E-state index >= 15 is 0 Å². The molecule has 0 aromatic heterocycles. The van der Waals surface area contributed by atoms with Gasteiger partial charge in [0, 0.05) is 23.7 Å². The van der Waals surface area contributed by atoms with Crippen LogP contribution in [0.1, 0.15) is 38.7 Å². The Morgan fingerprint density at radius 2 is 2.05 bits per heavy atom. The molecule has 0 heterocycles. The van der Waals surface area contributed by atoms with Crippen LogP contribution in [-0.2, 0) is 6.54 Å². The molecule has 3 unspecified atom stereocenters. The summed E-state index contributed by atoms with van der Waals surface area (Å²) in [6.45, 7) is 6.30. The lowest BCUT2D eigenvalue weighted by Gasteiger charge is -2.50. The highest BCUT2D eigenvalue weighted by Gasteiger charge is 2.42. The second kappa shape index (κ2) is 6.46. The van der Waals surface area contributed by atoms with Gasteiger partial charge in [-0.1, -0.05) is 43.6 Å². The van der Waals surface area contributed by atoms with Crippen molar-refractivity contribution in [3.05, 3.63) is 34.9 Å². The summed E-state index contributed by atoms with van der Waals surface area (Å²) in [5.74, 6) is 1.45. The SMILES string of the molecule is CC1CCC(CN)(N(C)Cc2ccccc2Cl)C(C)C1. The first kappa shape index (κ1) is 15.8. The molecular weight excluding hydrogens is 268 g/mol. The lowest BCUT2D eigenvalue weighted by atomic mass is 9.69. The maximum atomic E-state index is 6.30. The molecule has 0 saturated heterocycles. The summed E-state index contributed by atoms with van der Waals surface area (Å²) >= 11 is 6.30. The maximum Gasteiger partial charge on any atom is 0.0451 e. The van der Waals surface area contributed by atoms with E-state index in [1.807, 2.05) is 12.1 Å². The molecule has 1 aliphatic carbocycles. The number of hydrogen-bond acceptors (Lipinski definition) is 2. The Bertz CT molecular complexity index is 448. The summed E-state index contributed by atoms with van der Waals surface area (Å²) in [5, 5.41) is 0.850. The van der Waals surface area contributed by atoms with E-state index in [2.05, 4.69) is 37.9 Å². The molecule has 112 valence electrons. The van der Waals surface area contributed by atoms with Crippen molar-refractivity contribution < 1.29 is 0 Å². The molecule has 2 nitrogen and oxygen atoms in total. The summed E-state index contributed by atoms with van der Waals surface area (Å²) < 4.78 is 0. The van der Waals surface area contributed by atoms with E-state index in [-0.39, 0.29) is 5.54 Å². The first-order chi connectivity index (χ1) is 9.49. The number of benzene rings is 1. The summed E-state index contributed by atoms with van der Waals surface area (Å²) in [5.41, 5.74) is 7.50. The third-order valence-electron chi connectivity index (χ3n) is 5.22. The average molecular weight is 295 g/mol. The molecule has 20 heavy (non-hydrogen) atoms. The van der Waals surface area contributed by atoms with Crippen LogP contribution in [0.2, 0.25) is 5.02 Å². The van der Waals surface area contributed by atoms with E-state index < -0.39 is 0 Å². The third kappa shape index (κ3) is 3.03. The fourth-order valence-corrected chi connectivity index (χ4v) is 3.94. The lowest BCUT2D eigenvalue weighted by Crippen LogP contribution is -2.58. The molecule has 3 atom stereocenters. The summed E-state index contributed by atoms with van der Waals surface area (Å²) in [7, 11) is 2.20. The van der Waals surface area contributed by atoms with E-state index in [0.717, 1.165) is 24.0 Å². The molecule has 0 amide bonds. The number of nitrogens with zero attached hydrogens (tertiary/aromatic N) is 1. The van der Waals surface area contributed by atoms with Crippen molar-refractivity contribution in [3.8, 4) is 0 Å². The van der Waals surface area contributed by atoms with Crippen molar-refractivity contribution in [2.45, 2.75) is 45.2 Å². The minimum absolute atomic E-state index is 0.117. The number of rotatable bonds is 4. The van der Waals surface area contributed by atoms with E-state index in [0.29, 0.717) is 5.92 Å². The van der Waals surface area contributed by atoms with Crippen molar-refractivity contribution in [2.24, 2.45) is 17.6 Å². The quantitative estimate of drug-likeness (QED) is 0.912. The molecule has 0 radical (unpaired) electrons. The topological polar surface area (TPSA) is 29.3 Å². The monoisotopic (exact) mass is 294 g/mol. The Hall–Kier alpha value is -0.570. The third-order valence-corrected chi connectivity index (χ3v) is 5.59. The van der Waals surface area contributed by atoms with Gasteiger partial charge in [-0.3, -0.25) is 4.90 Å². The predicted octanol–water partition coefficient (Wildman–Crippen LogP) is 3.93. The van der Waals surface area contributed by atoms with Gasteiger partial charge in [-0.25, -0.2) is 0 Å². The smallest absolute Gasteiger partial charge is 0.0451 e. The van der Waals surface area contributed by atoms with Crippen LogP contribution in [0.25, 0.3) is 0 Å². The molecule has 1 aromatic carbocycles. The minimum atomic E-state index is 0.117. The number of nitrogens with two attached hydrogens (primary N) is 1. The Morgan fingerprint density at radius 3 is 2.65 bits per heavy atom. The highest BCUT2D eigenvalue weighted by molar-refractivity contribution is 6.31. The zero-order chi connectivity index (χ0) is 14.8. The zero-order valence-electron chi connectivity index (χ0n) is 12.9. The molecule has 0 spiro atoms. The fraction of sp³-hybridized carbons (Fsp3) is 0.647. The van der Waals surface area contributed by atoms with Crippen LogP contribution < -0.4 is 5.73 Å². The zero-order valence-corrected chi connectivity index (χ0v) is 13.7. The molecule has 1 saturated carbocycles. The van der Waals surface area contributed by atoms with Crippen LogP contribution in [0, 0.1) is 11.8 Å². The van der Waals surface area contributed by atoms with Crippen molar-refractivity contribution in [1.82, 2.24) is 4.90 Å². The van der Waals surface area contributed by atoms with Crippen molar-refractivity contribution >= 4 is 11.6 Å². The normalized spacial score (nSPS) is 30.7. The fourth-order valence-electron chi connectivity index (χ4n) is 3.75. The van der Waals surface area contributed by atoms with Gasteiger partial charge in [0.2, 0.25) is 0 Å². The Kier molecular flexibility index (Phi) is 5.11. The van der Waals surface area contributed by atoms with Crippen molar-refractivity contribution in [3.63, 3.8) is 0 Å². The van der Waals surface area contributed by atoms with Crippen LogP contribution in [-0.4, -0.2) is 24.0 Å². The van der Waals surface area contributed by atoms with Gasteiger partial charge in [-0.2, -0.15) is 0 Å². The van der Waals surface area contributed by atoms with Crippen molar-refractivity contribution in [2.75, 3.05) is 13.6 Å². The Morgan fingerprint density at radius 1 is 1.35 bits per heavy atom. The molecule has 2 rings (SSSR count). The van der Waals surface area contributed by atoms with Gasteiger partial charge in [0.25, 0.3) is 0 Å². The van der Waals surface area contributed by atoms with Crippen LogP contribution in [0.3, 0.4) is 0 Å². The van der Waals surface area contributed by atoms with Crippen molar-refractivity contribution in [1.29, 1.82) is 0 Å². The predicted molar refractivity (Wildman–Crippen MR) is 86.9 cm³/mol. The summed E-state index contributed by atoms with van der Waals surface area (Å²) in [6, 6.07) is 8.11. The molecule has 0 aliphatic heterocycles. The van der Waals surface area contributed by atoms with Gasteiger partial charge < -0.3 is 5.73 Å². The summed E-state index contributed by atoms with van der Waals surface area (Å²) in [4.78, 5) is 2.44. The van der Waals surface area contributed by atoms with Gasteiger partial charge in [0.1, 0.15) is 0 Å². The first-order valence-electron chi connectivity index (χ1n) is 7.64. The second-order valence-electron chi connectivity index (χ2n) is 6.54. The van der Waals surface area contributed by atoms with Gasteiger partial charge in [-0.15, -0.1) is 0 Å². The Balaban J connectivity index is 2.17. The van der Waals surface area contributed by atoms with Crippen LogP contribution in [0.5, 0.6) is 0 Å². The first-order valence-corrected chi connectivity index (χ1v) is 8.02. The molecule has 1 aromatic rings. The lowest BCUT2D eigenvalue weighted by molar-refractivity contribution is 0.0129. The van der Waals surface area contributed by atoms with E-state index in [1.165, 1.54) is 24.8 Å². The van der Waals surface area contributed by atoms with Gasteiger partial charge in [0.05, 0.1) is 0 Å². The Labute approximate surface area is 128 Å². The number of likely N-dealkylation sites (N-methyl/N-ethyl adjacent to an activating group) is 1. The standard InChI is InChI=1S/C17H27ClN2/c1-13-8-9-17(12-19,14(2)10-13)20(3)11-15-6-4-5-7-16(15)18/h4-7,13-14H,8-12,19H2,1-3H3. The maximum absolute atomic E-state index is 6.30. The van der Waals surface area contributed by atoms with Crippen LogP contribution >= 0.6 is 11.6 Å². The van der Waals surface area contributed by atoms with Gasteiger partial charge in [-0.05, 0) is 49.8 Å². The van der Waals surface area contributed by atoms with E-state index in [1.54, 1.807) is 0 Å².